The van der Waals surface area contributed by atoms with Crippen LogP contribution in [0, 0.1) is 0 Å². The van der Waals surface area contributed by atoms with Crippen LogP contribution in [0.4, 0.5) is 0 Å². The maximum Gasteiger partial charge on any atom is 0.333 e. The molecule has 1 unspecified atom stereocenters. The highest BCUT2D eigenvalue weighted by Crippen LogP contribution is 2.19. The monoisotopic (exact) mass is 208 g/mol. The molecule has 1 atom stereocenters. The van der Waals surface area contributed by atoms with Crippen molar-refractivity contribution in [2.75, 3.05) is 27.9 Å². The Labute approximate surface area is 82.4 Å². The summed E-state index contributed by atoms with van der Waals surface area (Å²) in [4.78, 5) is 10.6. The summed E-state index contributed by atoms with van der Waals surface area (Å²) >= 11 is 0. The maximum absolute atomic E-state index is 10.6. The number of aliphatic hydroxyl groups is 1. The van der Waals surface area contributed by atoms with Crippen LogP contribution in [-0.4, -0.2) is 56.0 Å². The Hall–Kier alpha value is -0.690. The van der Waals surface area contributed by atoms with Gasteiger partial charge in [0.1, 0.15) is 0 Å². The van der Waals surface area contributed by atoms with Gasteiger partial charge in [-0.3, -0.25) is 0 Å². The first kappa shape index (κ1) is 13.3. The van der Waals surface area contributed by atoms with Crippen molar-refractivity contribution in [3.63, 3.8) is 0 Å². The molecule has 6 heteroatoms. The van der Waals surface area contributed by atoms with Crippen molar-refractivity contribution in [2.24, 2.45) is 0 Å². The highest BCUT2D eigenvalue weighted by molar-refractivity contribution is 5.72. The summed E-state index contributed by atoms with van der Waals surface area (Å²) in [5, 5.41) is 17.7. The van der Waals surface area contributed by atoms with Gasteiger partial charge in [0, 0.05) is 27.8 Å². The van der Waals surface area contributed by atoms with E-state index in [4.69, 9.17) is 24.4 Å². The van der Waals surface area contributed by atoms with Crippen LogP contribution >= 0.6 is 0 Å². The fourth-order valence-corrected chi connectivity index (χ4v) is 0.998. The molecule has 0 spiro atoms. The molecule has 0 aromatic heterocycles. The SMILES string of the molecule is COC(CC(CO)(OC)OC)C(=O)O. The van der Waals surface area contributed by atoms with E-state index in [-0.39, 0.29) is 6.42 Å². The number of rotatable bonds is 7. The molecule has 0 aliphatic heterocycles. The average molecular weight is 208 g/mol. The van der Waals surface area contributed by atoms with Crippen molar-refractivity contribution in [3.8, 4) is 0 Å². The van der Waals surface area contributed by atoms with Crippen LogP contribution in [0.5, 0.6) is 0 Å². The van der Waals surface area contributed by atoms with E-state index in [0.29, 0.717) is 0 Å². The van der Waals surface area contributed by atoms with E-state index in [9.17, 15) is 4.79 Å². The lowest BCUT2D eigenvalue weighted by Crippen LogP contribution is -2.43. The maximum atomic E-state index is 10.6. The van der Waals surface area contributed by atoms with Gasteiger partial charge in [-0.05, 0) is 0 Å². The molecule has 0 amide bonds. The fraction of sp³-hybridized carbons (Fsp3) is 0.875. The third-order valence-corrected chi connectivity index (χ3v) is 2.04. The lowest BCUT2D eigenvalue weighted by molar-refractivity contribution is -0.242. The Morgan fingerprint density at radius 2 is 1.86 bits per heavy atom. The predicted molar refractivity (Wildman–Crippen MR) is 46.9 cm³/mol. The third-order valence-electron chi connectivity index (χ3n) is 2.04. The van der Waals surface area contributed by atoms with Crippen molar-refractivity contribution < 1.29 is 29.2 Å². The van der Waals surface area contributed by atoms with E-state index in [1.54, 1.807) is 0 Å². The number of ether oxygens (including phenoxy) is 3. The molecule has 0 bridgehead atoms. The molecule has 0 rings (SSSR count). The molecule has 6 nitrogen and oxygen atoms in total. The first-order valence-corrected chi connectivity index (χ1v) is 4.02. The molecular formula is C8H16O6. The summed E-state index contributed by atoms with van der Waals surface area (Å²) in [6.45, 7) is -0.437. The summed E-state index contributed by atoms with van der Waals surface area (Å²) in [6.07, 6.45) is -1.15. The number of methoxy groups -OCH3 is 3. The van der Waals surface area contributed by atoms with E-state index >= 15 is 0 Å². The molecule has 2 N–H and O–H groups in total. The molecule has 14 heavy (non-hydrogen) atoms. The molecule has 84 valence electrons. The quantitative estimate of drug-likeness (QED) is 0.546. The van der Waals surface area contributed by atoms with Gasteiger partial charge in [0.25, 0.3) is 0 Å². The minimum absolute atomic E-state index is 0.0810. The summed E-state index contributed by atoms with van der Waals surface area (Å²) in [7, 11) is 3.93. The second-order valence-electron chi connectivity index (χ2n) is 2.74. The van der Waals surface area contributed by atoms with Gasteiger partial charge in [0.05, 0.1) is 6.61 Å². The lowest BCUT2D eigenvalue weighted by Gasteiger charge is -2.30. The fourth-order valence-electron chi connectivity index (χ4n) is 0.998. The van der Waals surface area contributed by atoms with Crippen LogP contribution in [0.15, 0.2) is 0 Å². The smallest absolute Gasteiger partial charge is 0.333 e. The molecule has 0 radical (unpaired) electrons. The number of hydrogen-bond acceptors (Lipinski definition) is 5. The van der Waals surface area contributed by atoms with E-state index in [2.05, 4.69) is 0 Å². The van der Waals surface area contributed by atoms with Crippen molar-refractivity contribution in [3.05, 3.63) is 0 Å². The standard InChI is InChI=1S/C8H16O6/c1-12-6(7(10)11)4-8(5-9,13-2)14-3/h6,9H,4-5H2,1-3H3,(H,10,11). The summed E-state index contributed by atoms with van der Waals surface area (Å²) < 4.78 is 14.5. The van der Waals surface area contributed by atoms with Gasteiger partial charge in [-0.25, -0.2) is 4.79 Å². The molecular weight excluding hydrogens is 192 g/mol. The number of aliphatic hydroxyl groups excluding tert-OH is 1. The molecule has 0 aromatic carbocycles. The van der Waals surface area contributed by atoms with Gasteiger partial charge in [-0.15, -0.1) is 0 Å². The molecule has 0 aliphatic rings. The minimum Gasteiger partial charge on any atom is -0.479 e. The van der Waals surface area contributed by atoms with E-state index in [0.717, 1.165) is 0 Å². The van der Waals surface area contributed by atoms with Gasteiger partial charge >= 0.3 is 5.97 Å². The first-order valence-electron chi connectivity index (χ1n) is 4.02. The van der Waals surface area contributed by atoms with Crippen LogP contribution in [0.3, 0.4) is 0 Å². The Morgan fingerprint density at radius 3 is 2.07 bits per heavy atom. The highest BCUT2D eigenvalue weighted by atomic mass is 16.7. The number of aliphatic carboxylic acids is 1. The Balaban J connectivity index is 4.47. The van der Waals surface area contributed by atoms with Crippen molar-refractivity contribution in [1.82, 2.24) is 0 Å². The second kappa shape index (κ2) is 5.92. The largest absolute Gasteiger partial charge is 0.479 e. The molecule has 0 aromatic rings. The molecule has 0 aliphatic carbocycles. The van der Waals surface area contributed by atoms with Crippen molar-refractivity contribution in [1.29, 1.82) is 0 Å². The zero-order chi connectivity index (χ0) is 11.2. The molecule has 0 saturated heterocycles. The highest BCUT2D eigenvalue weighted by Gasteiger charge is 2.35. The van der Waals surface area contributed by atoms with Crippen LogP contribution in [0.1, 0.15) is 6.42 Å². The topological polar surface area (TPSA) is 85.2 Å². The van der Waals surface area contributed by atoms with Crippen LogP contribution in [-0.2, 0) is 19.0 Å². The number of carboxylic acids is 1. The van der Waals surface area contributed by atoms with E-state index in [1.165, 1.54) is 21.3 Å². The summed E-state index contributed by atoms with van der Waals surface area (Å²) in [6, 6.07) is 0. The third kappa shape index (κ3) is 3.22. The zero-order valence-electron chi connectivity index (χ0n) is 8.52. The summed E-state index contributed by atoms with van der Waals surface area (Å²) in [5.41, 5.74) is 0. The molecule has 0 fully saturated rings. The lowest BCUT2D eigenvalue weighted by atomic mass is 10.1. The number of carboxylic acid groups (broad SMARTS) is 1. The molecule has 0 heterocycles. The van der Waals surface area contributed by atoms with Crippen molar-refractivity contribution in [2.45, 2.75) is 18.3 Å². The Morgan fingerprint density at radius 1 is 1.36 bits per heavy atom. The first-order chi connectivity index (χ1) is 6.55. The van der Waals surface area contributed by atoms with Gasteiger partial charge in [-0.1, -0.05) is 0 Å². The Kier molecular flexibility index (Phi) is 5.63. The van der Waals surface area contributed by atoms with Crippen molar-refractivity contribution >= 4 is 5.97 Å². The van der Waals surface area contributed by atoms with Gasteiger partial charge in [0.15, 0.2) is 11.9 Å². The van der Waals surface area contributed by atoms with E-state index < -0.39 is 24.5 Å². The van der Waals surface area contributed by atoms with Gasteiger partial charge in [0.2, 0.25) is 0 Å². The van der Waals surface area contributed by atoms with Gasteiger partial charge < -0.3 is 24.4 Å². The number of hydrogen-bond donors (Lipinski definition) is 2. The van der Waals surface area contributed by atoms with Crippen LogP contribution in [0.25, 0.3) is 0 Å². The number of carbonyl (C=O) groups is 1. The normalized spacial score (nSPS) is 14.0. The van der Waals surface area contributed by atoms with Crippen LogP contribution in [0.2, 0.25) is 0 Å². The molecule has 0 saturated carbocycles. The van der Waals surface area contributed by atoms with Crippen LogP contribution < -0.4 is 0 Å². The minimum atomic E-state index is -1.32. The second-order valence-corrected chi connectivity index (χ2v) is 2.74. The average Bonchev–Trinajstić information content (AvgIpc) is 2.20. The summed E-state index contributed by atoms with van der Waals surface area (Å²) in [5.74, 6) is -2.45. The zero-order valence-corrected chi connectivity index (χ0v) is 8.52. The van der Waals surface area contributed by atoms with E-state index in [1.807, 2.05) is 0 Å². The predicted octanol–water partition coefficient (Wildman–Crippen LogP) is -0.542. The Bertz CT molecular complexity index is 168. The van der Waals surface area contributed by atoms with Gasteiger partial charge in [-0.2, -0.15) is 0 Å².